The third kappa shape index (κ3) is 3.94. The average Bonchev–Trinajstić information content (AvgIpc) is 3.29. The molecule has 0 unspecified atom stereocenters. The summed E-state index contributed by atoms with van der Waals surface area (Å²) < 4.78 is 8.28. The van der Waals surface area contributed by atoms with E-state index in [0.717, 1.165) is 5.56 Å². The Balaban J connectivity index is 1.74. The molecule has 0 radical (unpaired) electrons. The lowest BCUT2D eigenvalue weighted by molar-refractivity contribution is 0.545. The van der Waals surface area contributed by atoms with E-state index in [0.29, 0.717) is 38.7 Å². The van der Waals surface area contributed by atoms with Crippen molar-refractivity contribution in [2.45, 2.75) is 16.7 Å². The van der Waals surface area contributed by atoms with E-state index in [4.69, 9.17) is 9.68 Å². The van der Waals surface area contributed by atoms with Gasteiger partial charge in [0.1, 0.15) is 16.8 Å². The SMILES string of the molecule is N#Cc1cccc(Sc2nnc(-c3ccc(Br)o3)n2Cc2ccccc2)n1. The Labute approximate surface area is 168 Å². The van der Waals surface area contributed by atoms with Gasteiger partial charge < -0.3 is 4.42 Å². The second-order valence-electron chi connectivity index (χ2n) is 5.56. The summed E-state index contributed by atoms with van der Waals surface area (Å²) in [7, 11) is 0. The number of pyridine rings is 1. The highest BCUT2D eigenvalue weighted by atomic mass is 79.9. The molecule has 27 heavy (non-hydrogen) atoms. The molecule has 0 spiro atoms. The van der Waals surface area contributed by atoms with Crippen LogP contribution < -0.4 is 0 Å². The fourth-order valence-corrected chi connectivity index (χ4v) is 3.64. The van der Waals surface area contributed by atoms with Gasteiger partial charge in [0, 0.05) is 0 Å². The van der Waals surface area contributed by atoms with Gasteiger partial charge in [-0.05, 0) is 57.5 Å². The molecule has 6 nitrogen and oxygen atoms in total. The normalized spacial score (nSPS) is 10.7. The molecule has 0 amide bonds. The van der Waals surface area contributed by atoms with Gasteiger partial charge >= 0.3 is 0 Å². The molecule has 0 bridgehead atoms. The molecule has 8 heteroatoms. The van der Waals surface area contributed by atoms with Gasteiger partial charge in [-0.25, -0.2) is 4.98 Å². The summed E-state index contributed by atoms with van der Waals surface area (Å²) in [5, 5.41) is 19.1. The number of nitriles is 1. The van der Waals surface area contributed by atoms with E-state index in [1.54, 1.807) is 12.1 Å². The van der Waals surface area contributed by atoms with Crippen LogP contribution in [0.3, 0.4) is 0 Å². The van der Waals surface area contributed by atoms with E-state index in [1.807, 2.05) is 53.1 Å². The first-order valence-corrected chi connectivity index (χ1v) is 9.62. The van der Waals surface area contributed by atoms with Crippen molar-refractivity contribution in [3.05, 3.63) is 76.6 Å². The summed E-state index contributed by atoms with van der Waals surface area (Å²) in [5.74, 6) is 1.25. The maximum atomic E-state index is 9.06. The summed E-state index contributed by atoms with van der Waals surface area (Å²) >= 11 is 4.69. The second kappa shape index (κ2) is 7.78. The number of halogens is 1. The molecule has 0 aliphatic carbocycles. The van der Waals surface area contributed by atoms with E-state index < -0.39 is 0 Å². The van der Waals surface area contributed by atoms with Gasteiger partial charge in [-0.2, -0.15) is 5.26 Å². The minimum absolute atomic E-state index is 0.365. The summed E-state index contributed by atoms with van der Waals surface area (Å²) in [6.07, 6.45) is 0. The minimum atomic E-state index is 0.365. The van der Waals surface area contributed by atoms with Crippen LogP contribution in [0.15, 0.2) is 79.9 Å². The summed E-state index contributed by atoms with van der Waals surface area (Å²) in [6.45, 7) is 0.585. The molecule has 0 fully saturated rings. The number of rotatable bonds is 5. The molecule has 4 rings (SSSR count). The molecule has 1 aromatic carbocycles. The molecule has 0 aliphatic heterocycles. The highest BCUT2D eigenvalue weighted by molar-refractivity contribution is 9.10. The van der Waals surface area contributed by atoms with Gasteiger partial charge in [-0.15, -0.1) is 10.2 Å². The molecule has 0 N–H and O–H groups in total. The molecular formula is C19H12BrN5OS. The quantitative estimate of drug-likeness (QED) is 0.447. The fourth-order valence-electron chi connectivity index (χ4n) is 2.52. The summed E-state index contributed by atoms with van der Waals surface area (Å²) in [4.78, 5) is 4.31. The van der Waals surface area contributed by atoms with E-state index >= 15 is 0 Å². The van der Waals surface area contributed by atoms with Crippen LogP contribution in [0.1, 0.15) is 11.3 Å². The monoisotopic (exact) mass is 437 g/mol. The summed E-state index contributed by atoms with van der Waals surface area (Å²) in [6, 6.07) is 21.1. The number of hydrogen-bond acceptors (Lipinski definition) is 6. The maximum absolute atomic E-state index is 9.06. The van der Waals surface area contributed by atoms with Crippen molar-refractivity contribution in [1.29, 1.82) is 5.26 Å². The Morgan fingerprint density at radius 1 is 1.04 bits per heavy atom. The lowest BCUT2D eigenvalue weighted by Crippen LogP contribution is -2.04. The van der Waals surface area contributed by atoms with Crippen molar-refractivity contribution in [2.75, 3.05) is 0 Å². The van der Waals surface area contributed by atoms with Gasteiger partial charge in [0.15, 0.2) is 15.6 Å². The lowest BCUT2D eigenvalue weighted by Gasteiger charge is -2.09. The summed E-state index contributed by atoms with van der Waals surface area (Å²) in [5.41, 5.74) is 1.48. The molecule has 0 saturated carbocycles. The van der Waals surface area contributed by atoms with Crippen LogP contribution in [0.5, 0.6) is 0 Å². The fraction of sp³-hybridized carbons (Fsp3) is 0.0526. The number of hydrogen-bond donors (Lipinski definition) is 0. The van der Waals surface area contributed by atoms with E-state index in [2.05, 4.69) is 37.2 Å². The highest BCUT2D eigenvalue weighted by Gasteiger charge is 2.18. The first kappa shape index (κ1) is 17.5. The first-order chi connectivity index (χ1) is 13.2. The third-order valence-electron chi connectivity index (χ3n) is 3.73. The van der Waals surface area contributed by atoms with E-state index in [-0.39, 0.29) is 0 Å². The zero-order valence-corrected chi connectivity index (χ0v) is 16.3. The molecule has 0 atom stereocenters. The Morgan fingerprint density at radius 2 is 1.89 bits per heavy atom. The van der Waals surface area contributed by atoms with Gasteiger partial charge in [-0.3, -0.25) is 4.57 Å². The van der Waals surface area contributed by atoms with Crippen molar-refractivity contribution < 1.29 is 4.42 Å². The van der Waals surface area contributed by atoms with Crippen molar-refractivity contribution in [2.24, 2.45) is 0 Å². The van der Waals surface area contributed by atoms with Crippen LogP contribution in [0, 0.1) is 11.3 Å². The zero-order chi connectivity index (χ0) is 18.6. The molecule has 3 aromatic heterocycles. The predicted molar refractivity (Wildman–Crippen MR) is 104 cm³/mol. The van der Waals surface area contributed by atoms with Gasteiger partial charge in [0.05, 0.1) is 6.54 Å². The van der Waals surface area contributed by atoms with Crippen LogP contribution in [0.25, 0.3) is 11.6 Å². The Morgan fingerprint density at radius 3 is 2.63 bits per heavy atom. The molecule has 132 valence electrons. The maximum Gasteiger partial charge on any atom is 0.200 e. The Kier molecular flexibility index (Phi) is 5.05. The topological polar surface area (TPSA) is 80.5 Å². The van der Waals surface area contributed by atoms with Crippen LogP contribution >= 0.6 is 27.7 Å². The minimum Gasteiger partial charge on any atom is -0.446 e. The highest BCUT2D eigenvalue weighted by Crippen LogP contribution is 2.31. The Hall–Kier alpha value is -2.89. The lowest BCUT2D eigenvalue weighted by atomic mass is 10.2. The third-order valence-corrected chi connectivity index (χ3v) is 5.08. The Bertz CT molecular complexity index is 1120. The molecule has 0 aliphatic rings. The van der Waals surface area contributed by atoms with Crippen molar-refractivity contribution in [3.8, 4) is 17.7 Å². The molecule has 0 saturated heterocycles. The largest absolute Gasteiger partial charge is 0.446 e. The van der Waals surface area contributed by atoms with Crippen molar-refractivity contribution in [1.82, 2.24) is 19.7 Å². The predicted octanol–water partition coefficient (Wildman–Crippen LogP) is 4.77. The average molecular weight is 438 g/mol. The van der Waals surface area contributed by atoms with E-state index in [9.17, 15) is 0 Å². The second-order valence-corrected chi connectivity index (χ2v) is 7.33. The number of benzene rings is 1. The van der Waals surface area contributed by atoms with Crippen molar-refractivity contribution in [3.63, 3.8) is 0 Å². The van der Waals surface area contributed by atoms with Crippen LogP contribution in [0.4, 0.5) is 0 Å². The number of aromatic nitrogens is 4. The first-order valence-electron chi connectivity index (χ1n) is 8.01. The standard InChI is InChI=1S/C19H12BrN5OS/c20-16-10-9-15(26-16)18-23-24-19(25(18)12-13-5-2-1-3-6-13)27-17-8-4-7-14(11-21)22-17/h1-10H,12H2. The van der Waals surface area contributed by atoms with Gasteiger partial charge in [0.25, 0.3) is 0 Å². The van der Waals surface area contributed by atoms with Crippen molar-refractivity contribution >= 4 is 27.7 Å². The van der Waals surface area contributed by atoms with Gasteiger partial charge in [0.2, 0.25) is 5.82 Å². The zero-order valence-electron chi connectivity index (χ0n) is 13.9. The van der Waals surface area contributed by atoms with Crippen LogP contribution in [-0.4, -0.2) is 19.7 Å². The van der Waals surface area contributed by atoms with Crippen LogP contribution in [-0.2, 0) is 6.54 Å². The smallest absolute Gasteiger partial charge is 0.200 e. The number of furan rings is 1. The number of nitrogens with zero attached hydrogens (tertiary/aromatic N) is 5. The molecule has 4 aromatic rings. The van der Waals surface area contributed by atoms with E-state index in [1.165, 1.54) is 11.8 Å². The molecular weight excluding hydrogens is 426 g/mol. The van der Waals surface area contributed by atoms with Gasteiger partial charge in [-0.1, -0.05) is 36.4 Å². The van der Waals surface area contributed by atoms with Crippen LogP contribution in [0.2, 0.25) is 0 Å². The molecule has 3 heterocycles.